The van der Waals surface area contributed by atoms with Gasteiger partial charge >= 0.3 is 0 Å². The number of ketones is 1. The third kappa shape index (κ3) is 3.07. The van der Waals surface area contributed by atoms with Crippen LogP contribution < -0.4 is 4.74 Å². The molecule has 0 spiro atoms. The fraction of sp³-hybridized carbons (Fsp3) is 0.500. The van der Waals surface area contributed by atoms with Crippen LogP contribution in [-0.4, -0.2) is 23.6 Å². The Labute approximate surface area is 101 Å². The van der Waals surface area contributed by atoms with Crippen LogP contribution in [0.5, 0.6) is 5.75 Å². The number of rotatable bonds is 6. The molecule has 1 aromatic rings. The second-order valence-corrected chi connectivity index (χ2v) is 4.52. The molecule has 1 fully saturated rings. The second-order valence-electron chi connectivity index (χ2n) is 4.52. The van der Waals surface area contributed by atoms with Crippen LogP contribution in [0, 0.1) is 5.92 Å². The van der Waals surface area contributed by atoms with E-state index in [2.05, 4.69) is 0 Å². The van der Waals surface area contributed by atoms with Crippen LogP contribution in [0.15, 0.2) is 24.3 Å². The molecule has 1 saturated carbocycles. The Hall–Kier alpha value is -1.35. The molecule has 3 nitrogen and oxygen atoms in total. The van der Waals surface area contributed by atoms with Gasteiger partial charge in [-0.2, -0.15) is 0 Å². The normalized spacial score (nSPS) is 16.6. The number of aliphatic hydroxyl groups is 1. The van der Waals surface area contributed by atoms with Crippen molar-refractivity contribution in [2.75, 3.05) is 6.61 Å². The average Bonchev–Trinajstić information content (AvgIpc) is 3.19. The van der Waals surface area contributed by atoms with Gasteiger partial charge in [-0.3, -0.25) is 4.79 Å². The number of hydrogen-bond donors (Lipinski definition) is 1. The zero-order valence-corrected chi connectivity index (χ0v) is 10.1. The van der Waals surface area contributed by atoms with Gasteiger partial charge in [-0.1, -0.05) is 6.92 Å². The summed E-state index contributed by atoms with van der Waals surface area (Å²) in [4.78, 5) is 11.9. The maximum absolute atomic E-state index is 11.9. The molecule has 2 rings (SSSR count). The highest BCUT2D eigenvalue weighted by Crippen LogP contribution is 2.34. The van der Waals surface area contributed by atoms with E-state index in [1.54, 1.807) is 24.3 Å². The van der Waals surface area contributed by atoms with Crippen molar-refractivity contribution in [3.63, 3.8) is 0 Å². The lowest BCUT2D eigenvalue weighted by molar-refractivity contribution is 0.0704. The first-order valence-electron chi connectivity index (χ1n) is 6.17. The molecule has 0 aliphatic heterocycles. The minimum absolute atomic E-state index is 0.172. The van der Waals surface area contributed by atoms with Crippen molar-refractivity contribution < 1.29 is 14.6 Å². The highest BCUT2D eigenvalue weighted by molar-refractivity contribution is 5.99. The Kier molecular flexibility index (Phi) is 3.79. The van der Waals surface area contributed by atoms with E-state index in [4.69, 9.17) is 4.74 Å². The SMILES string of the molecule is CCCOc1ccc(C(=O)C(O)C2CC2)cc1. The van der Waals surface area contributed by atoms with Gasteiger partial charge in [0.2, 0.25) is 0 Å². The number of Topliss-reactive ketones (excluding diaryl/α,β-unsaturated/α-hetero) is 1. The summed E-state index contributed by atoms with van der Waals surface area (Å²) in [5.41, 5.74) is 0.563. The number of aliphatic hydroxyl groups excluding tert-OH is 1. The number of carbonyl (C=O) groups is 1. The molecule has 1 aromatic carbocycles. The molecule has 17 heavy (non-hydrogen) atoms. The van der Waals surface area contributed by atoms with E-state index in [0.29, 0.717) is 12.2 Å². The number of ether oxygens (including phenoxy) is 1. The summed E-state index contributed by atoms with van der Waals surface area (Å²) in [7, 11) is 0. The number of carbonyl (C=O) groups excluding carboxylic acids is 1. The first-order valence-corrected chi connectivity index (χ1v) is 6.17. The molecule has 1 unspecified atom stereocenters. The summed E-state index contributed by atoms with van der Waals surface area (Å²) < 4.78 is 5.44. The predicted molar refractivity (Wildman–Crippen MR) is 65.3 cm³/mol. The van der Waals surface area contributed by atoms with E-state index in [0.717, 1.165) is 25.0 Å². The highest BCUT2D eigenvalue weighted by atomic mass is 16.5. The molecule has 0 saturated heterocycles. The summed E-state index contributed by atoms with van der Waals surface area (Å²) in [5.74, 6) is 0.775. The molecule has 0 aromatic heterocycles. The Morgan fingerprint density at radius 2 is 2.06 bits per heavy atom. The minimum atomic E-state index is -0.822. The summed E-state index contributed by atoms with van der Waals surface area (Å²) in [6.07, 6.45) is 2.06. The fourth-order valence-corrected chi connectivity index (χ4v) is 1.73. The molecular formula is C14H18O3. The summed E-state index contributed by atoms with van der Waals surface area (Å²) in [6, 6.07) is 7.00. The molecule has 1 aliphatic carbocycles. The lowest BCUT2D eigenvalue weighted by atomic mass is 10.0. The van der Waals surface area contributed by atoms with Crippen molar-refractivity contribution in [3.05, 3.63) is 29.8 Å². The van der Waals surface area contributed by atoms with Crippen LogP contribution in [0.4, 0.5) is 0 Å². The Bertz CT molecular complexity index is 379. The average molecular weight is 234 g/mol. The second kappa shape index (κ2) is 5.32. The Morgan fingerprint density at radius 3 is 2.59 bits per heavy atom. The smallest absolute Gasteiger partial charge is 0.191 e. The van der Waals surface area contributed by atoms with Crippen molar-refractivity contribution >= 4 is 5.78 Å². The molecule has 0 bridgehead atoms. The standard InChI is InChI=1S/C14H18O3/c1-2-9-17-12-7-5-11(6-8-12)14(16)13(15)10-3-4-10/h5-8,10,13,15H,2-4,9H2,1H3. The maximum Gasteiger partial charge on any atom is 0.191 e. The highest BCUT2D eigenvalue weighted by Gasteiger charge is 2.34. The molecule has 1 aliphatic rings. The number of hydrogen-bond acceptors (Lipinski definition) is 3. The largest absolute Gasteiger partial charge is 0.494 e. The van der Waals surface area contributed by atoms with E-state index in [1.165, 1.54) is 0 Å². The third-order valence-electron chi connectivity index (χ3n) is 2.95. The summed E-state index contributed by atoms with van der Waals surface area (Å²) >= 11 is 0. The van der Waals surface area contributed by atoms with Crippen LogP contribution in [-0.2, 0) is 0 Å². The first-order chi connectivity index (χ1) is 8.22. The van der Waals surface area contributed by atoms with Crippen LogP contribution in [0.3, 0.4) is 0 Å². The third-order valence-corrected chi connectivity index (χ3v) is 2.95. The van der Waals surface area contributed by atoms with Gasteiger partial charge in [-0.15, -0.1) is 0 Å². The van der Waals surface area contributed by atoms with Gasteiger partial charge in [0.05, 0.1) is 6.61 Å². The van der Waals surface area contributed by atoms with Gasteiger partial charge in [0.25, 0.3) is 0 Å². The van der Waals surface area contributed by atoms with Crippen molar-refractivity contribution in [3.8, 4) is 5.75 Å². The van der Waals surface area contributed by atoms with Gasteiger partial charge in [0, 0.05) is 5.56 Å². The first kappa shape index (κ1) is 12.1. The van der Waals surface area contributed by atoms with Gasteiger partial charge in [-0.05, 0) is 49.4 Å². The van der Waals surface area contributed by atoms with E-state index in [1.807, 2.05) is 6.92 Å². The van der Waals surface area contributed by atoms with Crippen LogP contribution in [0.25, 0.3) is 0 Å². The molecule has 1 N–H and O–H groups in total. The molecule has 1 atom stereocenters. The fourth-order valence-electron chi connectivity index (χ4n) is 1.73. The Morgan fingerprint density at radius 1 is 1.41 bits per heavy atom. The molecular weight excluding hydrogens is 216 g/mol. The van der Waals surface area contributed by atoms with Crippen molar-refractivity contribution in [1.82, 2.24) is 0 Å². The van der Waals surface area contributed by atoms with Crippen LogP contribution in [0.1, 0.15) is 36.5 Å². The topological polar surface area (TPSA) is 46.5 Å². The number of benzene rings is 1. The lowest BCUT2D eigenvalue weighted by Gasteiger charge is -2.09. The van der Waals surface area contributed by atoms with E-state index in [9.17, 15) is 9.90 Å². The summed E-state index contributed by atoms with van der Waals surface area (Å²) in [6.45, 7) is 2.72. The van der Waals surface area contributed by atoms with Gasteiger partial charge in [0.1, 0.15) is 11.9 Å². The molecule has 0 radical (unpaired) electrons. The predicted octanol–water partition coefficient (Wildman–Crippen LogP) is 2.43. The Balaban J connectivity index is 1.98. The van der Waals surface area contributed by atoms with E-state index in [-0.39, 0.29) is 11.7 Å². The molecule has 0 heterocycles. The van der Waals surface area contributed by atoms with Crippen molar-refractivity contribution in [1.29, 1.82) is 0 Å². The minimum Gasteiger partial charge on any atom is -0.494 e. The van der Waals surface area contributed by atoms with Gasteiger partial charge < -0.3 is 9.84 Å². The lowest BCUT2D eigenvalue weighted by Crippen LogP contribution is -2.22. The van der Waals surface area contributed by atoms with Gasteiger partial charge in [-0.25, -0.2) is 0 Å². The zero-order chi connectivity index (χ0) is 12.3. The van der Waals surface area contributed by atoms with E-state index >= 15 is 0 Å². The van der Waals surface area contributed by atoms with Gasteiger partial charge in [0.15, 0.2) is 5.78 Å². The van der Waals surface area contributed by atoms with E-state index < -0.39 is 6.10 Å². The molecule has 0 amide bonds. The summed E-state index contributed by atoms with van der Waals surface area (Å²) in [5, 5.41) is 9.74. The van der Waals surface area contributed by atoms with Crippen LogP contribution in [0.2, 0.25) is 0 Å². The van der Waals surface area contributed by atoms with Crippen LogP contribution >= 0.6 is 0 Å². The molecule has 3 heteroatoms. The van der Waals surface area contributed by atoms with Crippen molar-refractivity contribution in [2.45, 2.75) is 32.3 Å². The quantitative estimate of drug-likeness (QED) is 0.769. The molecule has 92 valence electrons. The monoisotopic (exact) mass is 234 g/mol. The van der Waals surface area contributed by atoms with Crippen molar-refractivity contribution in [2.24, 2.45) is 5.92 Å². The maximum atomic E-state index is 11.9. The zero-order valence-electron chi connectivity index (χ0n) is 10.1.